The van der Waals surface area contributed by atoms with Gasteiger partial charge >= 0.3 is 0 Å². The van der Waals surface area contributed by atoms with Gasteiger partial charge in [0, 0.05) is 11.8 Å². The highest BCUT2D eigenvalue weighted by Crippen LogP contribution is 2.47. The summed E-state index contributed by atoms with van der Waals surface area (Å²) in [6.07, 6.45) is 7.15. The van der Waals surface area contributed by atoms with Crippen LogP contribution in [0.4, 0.5) is 0 Å². The molecule has 5 heteroatoms. The second kappa shape index (κ2) is 6.38. The van der Waals surface area contributed by atoms with Gasteiger partial charge in [-0.15, -0.1) is 0 Å². The van der Waals surface area contributed by atoms with Crippen molar-refractivity contribution in [2.45, 2.75) is 25.7 Å². The number of methoxy groups -OCH3 is 2. The van der Waals surface area contributed by atoms with Crippen LogP contribution in [0, 0.1) is 17.8 Å². The molecule has 0 saturated heterocycles. The molecule has 1 N–H and O–H groups in total. The monoisotopic (exact) mass is 302 g/mol. The Hall–Kier alpha value is -2.04. The van der Waals surface area contributed by atoms with Crippen molar-refractivity contribution in [3.05, 3.63) is 23.8 Å². The Kier molecular flexibility index (Phi) is 4.32. The van der Waals surface area contributed by atoms with Crippen molar-refractivity contribution in [1.82, 2.24) is 5.43 Å². The zero-order valence-electron chi connectivity index (χ0n) is 13.0. The highest BCUT2D eigenvalue weighted by molar-refractivity contribution is 5.95. The van der Waals surface area contributed by atoms with E-state index in [1.807, 2.05) is 6.21 Å². The van der Waals surface area contributed by atoms with Gasteiger partial charge in [0.15, 0.2) is 11.5 Å². The summed E-state index contributed by atoms with van der Waals surface area (Å²) in [5.41, 5.74) is 3.11. The zero-order valence-corrected chi connectivity index (χ0v) is 13.0. The van der Waals surface area contributed by atoms with Crippen LogP contribution in [0.2, 0.25) is 0 Å². The number of hydrogen-bond acceptors (Lipinski definition) is 4. The lowest BCUT2D eigenvalue weighted by Gasteiger charge is -2.16. The van der Waals surface area contributed by atoms with Crippen LogP contribution in [0.5, 0.6) is 11.5 Å². The molecule has 0 spiro atoms. The number of benzene rings is 1. The molecule has 2 saturated carbocycles. The molecule has 5 nitrogen and oxygen atoms in total. The van der Waals surface area contributed by atoms with Crippen LogP contribution in [-0.2, 0) is 0 Å². The van der Waals surface area contributed by atoms with Gasteiger partial charge in [-0.3, -0.25) is 4.79 Å². The molecule has 3 rings (SSSR count). The summed E-state index contributed by atoms with van der Waals surface area (Å²) in [6.45, 7) is 0. The lowest BCUT2D eigenvalue weighted by molar-refractivity contribution is 0.0954. The van der Waals surface area contributed by atoms with E-state index >= 15 is 0 Å². The van der Waals surface area contributed by atoms with Gasteiger partial charge in [-0.25, -0.2) is 5.43 Å². The van der Waals surface area contributed by atoms with E-state index in [1.54, 1.807) is 32.4 Å². The van der Waals surface area contributed by atoms with Crippen LogP contribution in [0.1, 0.15) is 36.0 Å². The minimum atomic E-state index is -0.236. The fraction of sp³-hybridized carbons (Fsp3) is 0.529. The number of ether oxygens (including phenoxy) is 2. The van der Waals surface area contributed by atoms with Crippen molar-refractivity contribution in [3.8, 4) is 11.5 Å². The summed E-state index contributed by atoms with van der Waals surface area (Å²) in [6, 6.07) is 5.07. The number of carbonyl (C=O) groups excluding carboxylic acids is 1. The maximum absolute atomic E-state index is 12.1. The van der Waals surface area contributed by atoms with Crippen molar-refractivity contribution in [2.75, 3.05) is 14.2 Å². The van der Waals surface area contributed by atoms with Gasteiger partial charge in [0.2, 0.25) is 0 Å². The summed E-state index contributed by atoms with van der Waals surface area (Å²) < 4.78 is 10.4. The van der Waals surface area contributed by atoms with Crippen molar-refractivity contribution in [3.63, 3.8) is 0 Å². The van der Waals surface area contributed by atoms with Crippen molar-refractivity contribution >= 4 is 12.1 Å². The molecule has 0 heterocycles. The molecule has 0 aromatic heterocycles. The molecule has 22 heavy (non-hydrogen) atoms. The molecule has 1 aromatic rings. The molecular weight excluding hydrogens is 280 g/mol. The van der Waals surface area contributed by atoms with Gasteiger partial charge in [0.05, 0.1) is 14.2 Å². The molecule has 1 aromatic carbocycles. The zero-order chi connectivity index (χ0) is 15.5. The van der Waals surface area contributed by atoms with E-state index in [0.717, 1.165) is 11.8 Å². The van der Waals surface area contributed by atoms with E-state index in [9.17, 15) is 4.79 Å². The Balaban J connectivity index is 1.60. The summed E-state index contributed by atoms with van der Waals surface area (Å²) in [5.74, 6) is 3.08. The predicted molar refractivity (Wildman–Crippen MR) is 84.4 cm³/mol. The number of nitrogens with one attached hydrogen (secondary N) is 1. The van der Waals surface area contributed by atoms with Gasteiger partial charge in [-0.2, -0.15) is 5.10 Å². The van der Waals surface area contributed by atoms with Crippen molar-refractivity contribution in [2.24, 2.45) is 22.9 Å². The van der Waals surface area contributed by atoms with E-state index in [0.29, 0.717) is 23.0 Å². The van der Waals surface area contributed by atoms with Crippen LogP contribution in [0.3, 0.4) is 0 Å². The Morgan fingerprint density at radius 3 is 2.68 bits per heavy atom. The van der Waals surface area contributed by atoms with Crippen molar-refractivity contribution < 1.29 is 14.3 Å². The molecule has 1 amide bonds. The van der Waals surface area contributed by atoms with Gasteiger partial charge in [0.25, 0.3) is 5.91 Å². The Morgan fingerprint density at radius 2 is 2.05 bits per heavy atom. The van der Waals surface area contributed by atoms with E-state index in [2.05, 4.69) is 10.5 Å². The topological polar surface area (TPSA) is 59.9 Å². The van der Waals surface area contributed by atoms with Gasteiger partial charge in [-0.1, -0.05) is 6.42 Å². The van der Waals surface area contributed by atoms with Crippen molar-refractivity contribution in [1.29, 1.82) is 0 Å². The van der Waals surface area contributed by atoms with Crippen LogP contribution in [0.25, 0.3) is 0 Å². The maximum atomic E-state index is 12.1. The molecule has 0 aliphatic heterocycles. The number of rotatable bonds is 5. The molecule has 2 fully saturated rings. The first kappa shape index (κ1) is 14.9. The quantitative estimate of drug-likeness (QED) is 0.672. The second-order valence-electron chi connectivity index (χ2n) is 6.13. The fourth-order valence-corrected chi connectivity index (χ4v) is 3.71. The first-order valence-electron chi connectivity index (χ1n) is 7.76. The Morgan fingerprint density at radius 1 is 1.23 bits per heavy atom. The molecule has 0 unspecified atom stereocenters. The molecule has 118 valence electrons. The molecular formula is C17H22N2O3. The smallest absolute Gasteiger partial charge is 0.271 e. The highest BCUT2D eigenvalue weighted by atomic mass is 16.5. The maximum Gasteiger partial charge on any atom is 0.271 e. The number of amides is 1. The van der Waals surface area contributed by atoms with Crippen LogP contribution >= 0.6 is 0 Å². The largest absolute Gasteiger partial charge is 0.493 e. The van der Waals surface area contributed by atoms with Crippen LogP contribution in [0.15, 0.2) is 23.3 Å². The van der Waals surface area contributed by atoms with Gasteiger partial charge < -0.3 is 9.47 Å². The second-order valence-corrected chi connectivity index (χ2v) is 6.13. The van der Waals surface area contributed by atoms with E-state index in [-0.39, 0.29) is 5.91 Å². The third-order valence-electron chi connectivity index (χ3n) is 4.87. The summed E-state index contributed by atoms with van der Waals surface area (Å²) in [5, 5.41) is 4.15. The minimum Gasteiger partial charge on any atom is -0.493 e. The number of hydrazone groups is 1. The average molecular weight is 302 g/mol. The van der Waals surface area contributed by atoms with E-state index in [1.165, 1.54) is 25.7 Å². The predicted octanol–water partition coefficient (Wildman–Crippen LogP) is 2.86. The van der Waals surface area contributed by atoms with Crippen LogP contribution in [-0.4, -0.2) is 26.3 Å². The molecule has 2 aliphatic carbocycles. The normalized spacial score (nSPS) is 26.4. The molecule has 2 aliphatic rings. The Labute approximate surface area is 130 Å². The third kappa shape index (κ3) is 2.93. The third-order valence-corrected chi connectivity index (χ3v) is 4.87. The molecule has 3 atom stereocenters. The number of nitrogens with zero attached hydrogens (tertiary/aromatic N) is 1. The molecule has 0 radical (unpaired) electrons. The van der Waals surface area contributed by atoms with E-state index < -0.39 is 0 Å². The minimum absolute atomic E-state index is 0.236. The van der Waals surface area contributed by atoms with Gasteiger partial charge in [0.1, 0.15) is 0 Å². The SMILES string of the molecule is COc1ccc(C(=O)N/N=C\[C@H]2C[C@@H]3CC[C@@H]2C3)cc1OC. The van der Waals surface area contributed by atoms with Gasteiger partial charge in [-0.05, 0) is 55.2 Å². The lowest BCUT2D eigenvalue weighted by Crippen LogP contribution is -2.20. The Bertz CT molecular complexity index is 585. The fourth-order valence-electron chi connectivity index (χ4n) is 3.71. The first-order valence-corrected chi connectivity index (χ1v) is 7.76. The highest BCUT2D eigenvalue weighted by Gasteiger charge is 2.38. The van der Waals surface area contributed by atoms with E-state index in [4.69, 9.17) is 9.47 Å². The lowest BCUT2D eigenvalue weighted by atomic mass is 9.90. The number of carbonyl (C=O) groups is 1. The average Bonchev–Trinajstić information content (AvgIpc) is 3.17. The number of hydrogen-bond donors (Lipinski definition) is 1. The summed E-state index contributed by atoms with van der Waals surface area (Å²) in [4.78, 5) is 12.1. The summed E-state index contributed by atoms with van der Waals surface area (Å²) in [7, 11) is 3.12. The van der Waals surface area contributed by atoms with Crippen LogP contribution < -0.4 is 14.9 Å². The number of fused-ring (bicyclic) bond motifs is 2. The first-order chi connectivity index (χ1) is 10.7. The molecule has 2 bridgehead atoms. The standard InChI is InChI=1S/C17H22N2O3/c1-21-15-6-5-13(9-16(15)22-2)17(20)19-18-10-14-8-11-3-4-12(14)7-11/h5-6,9-12,14H,3-4,7-8H2,1-2H3,(H,19,20)/b18-10-/t11-,12-,14-/m1/s1. The summed E-state index contributed by atoms with van der Waals surface area (Å²) >= 11 is 0.